The lowest BCUT2D eigenvalue weighted by Gasteiger charge is -2.26. The van der Waals surface area contributed by atoms with Crippen molar-refractivity contribution in [1.29, 1.82) is 0 Å². The molecule has 2 saturated heterocycles. The van der Waals surface area contributed by atoms with Gasteiger partial charge in [-0.3, -0.25) is 10.1 Å². The smallest absolute Gasteiger partial charge is 0.292 e. The highest BCUT2D eigenvalue weighted by molar-refractivity contribution is 5.66. The van der Waals surface area contributed by atoms with Crippen LogP contribution in [0.15, 0.2) is 18.2 Å². The average Bonchev–Trinajstić information content (AvgIpc) is 2.68. The summed E-state index contributed by atoms with van der Waals surface area (Å²) in [6.45, 7) is 1.93. The summed E-state index contributed by atoms with van der Waals surface area (Å²) in [4.78, 5) is 12.6. The molecule has 0 radical (unpaired) electrons. The molecule has 0 aliphatic carbocycles. The van der Waals surface area contributed by atoms with Crippen LogP contribution in [0.25, 0.3) is 0 Å². The molecule has 19 heavy (non-hydrogen) atoms. The van der Waals surface area contributed by atoms with Gasteiger partial charge in [-0.15, -0.1) is 0 Å². The summed E-state index contributed by atoms with van der Waals surface area (Å²) in [5.41, 5.74) is 6.97. The standard InChI is InChI=1S/C13H18N4O2/c14-12-7-11(3-4-13(12)17(18)19)16-6-5-9-1-2-10(8-16)15-9/h3-4,7,9-10,15H,1-2,5-6,8,14H2. The Hall–Kier alpha value is -1.82. The number of nitrogen functional groups attached to an aromatic ring is 1. The van der Waals surface area contributed by atoms with Crippen molar-refractivity contribution in [3.05, 3.63) is 28.3 Å². The van der Waals surface area contributed by atoms with Crippen molar-refractivity contribution in [3.63, 3.8) is 0 Å². The number of benzene rings is 1. The molecule has 0 amide bonds. The van der Waals surface area contributed by atoms with Crippen molar-refractivity contribution >= 4 is 17.1 Å². The fourth-order valence-corrected chi connectivity index (χ4v) is 3.08. The molecule has 2 bridgehead atoms. The number of hydrogen-bond donors (Lipinski definition) is 2. The van der Waals surface area contributed by atoms with Gasteiger partial charge in [0.05, 0.1) is 4.92 Å². The summed E-state index contributed by atoms with van der Waals surface area (Å²) in [6, 6.07) is 6.18. The van der Waals surface area contributed by atoms with Crippen LogP contribution in [-0.2, 0) is 0 Å². The molecular weight excluding hydrogens is 244 g/mol. The summed E-state index contributed by atoms with van der Waals surface area (Å²) in [7, 11) is 0. The molecule has 6 heteroatoms. The van der Waals surface area contributed by atoms with Gasteiger partial charge in [-0.2, -0.15) is 0 Å². The predicted molar refractivity (Wildman–Crippen MR) is 74.3 cm³/mol. The van der Waals surface area contributed by atoms with Crippen molar-refractivity contribution in [1.82, 2.24) is 5.32 Å². The zero-order valence-corrected chi connectivity index (χ0v) is 10.7. The van der Waals surface area contributed by atoms with E-state index in [4.69, 9.17) is 5.73 Å². The SMILES string of the molecule is Nc1cc(N2CCC3CCC(C2)N3)ccc1[N+](=O)[O-]. The van der Waals surface area contributed by atoms with E-state index in [1.807, 2.05) is 0 Å². The molecule has 2 heterocycles. The topological polar surface area (TPSA) is 84.4 Å². The highest BCUT2D eigenvalue weighted by Crippen LogP contribution is 2.29. The van der Waals surface area contributed by atoms with E-state index in [0.29, 0.717) is 12.1 Å². The zero-order chi connectivity index (χ0) is 13.4. The normalized spacial score (nSPS) is 26.2. The third kappa shape index (κ3) is 2.35. The molecular formula is C13H18N4O2. The maximum atomic E-state index is 10.8. The van der Waals surface area contributed by atoms with Crippen LogP contribution in [0.4, 0.5) is 17.1 Å². The van der Waals surface area contributed by atoms with Crippen LogP contribution in [0.3, 0.4) is 0 Å². The lowest BCUT2D eigenvalue weighted by molar-refractivity contribution is -0.383. The molecule has 2 fully saturated rings. The number of anilines is 2. The first-order valence-electron chi connectivity index (χ1n) is 6.68. The van der Waals surface area contributed by atoms with Gasteiger partial charge in [-0.1, -0.05) is 0 Å². The molecule has 6 nitrogen and oxygen atoms in total. The number of nitro benzene ring substituents is 1. The number of nitro groups is 1. The zero-order valence-electron chi connectivity index (χ0n) is 10.7. The Bertz CT molecular complexity index is 505. The Balaban J connectivity index is 1.82. The summed E-state index contributed by atoms with van der Waals surface area (Å²) in [5, 5.41) is 14.4. The molecule has 1 aromatic rings. The van der Waals surface area contributed by atoms with Crippen molar-refractivity contribution in [2.24, 2.45) is 0 Å². The summed E-state index contributed by atoms with van der Waals surface area (Å²) in [5.74, 6) is 0. The van der Waals surface area contributed by atoms with E-state index in [1.54, 1.807) is 12.1 Å². The molecule has 0 spiro atoms. The van der Waals surface area contributed by atoms with E-state index < -0.39 is 4.92 Å². The minimum Gasteiger partial charge on any atom is -0.393 e. The molecule has 2 aliphatic rings. The Morgan fingerprint density at radius 1 is 1.32 bits per heavy atom. The average molecular weight is 262 g/mol. The van der Waals surface area contributed by atoms with Crippen LogP contribution in [0.1, 0.15) is 19.3 Å². The number of hydrogen-bond acceptors (Lipinski definition) is 5. The Labute approximate surface area is 111 Å². The van der Waals surface area contributed by atoms with E-state index >= 15 is 0 Å². The number of fused-ring (bicyclic) bond motifs is 2. The molecule has 3 rings (SSSR count). The van der Waals surface area contributed by atoms with Crippen LogP contribution in [0.5, 0.6) is 0 Å². The highest BCUT2D eigenvalue weighted by atomic mass is 16.6. The van der Waals surface area contributed by atoms with E-state index in [1.165, 1.54) is 18.9 Å². The molecule has 102 valence electrons. The molecule has 0 aromatic heterocycles. The minimum atomic E-state index is -0.439. The van der Waals surface area contributed by atoms with Gasteiger partial charge in [0.25, 0.3) is 5.69 Å². The molecule has 3 N–H and O–H groups in total. The van der Waals surface area contributed by atoms with Crippen molar-refractivity contribution < 1.29 is 4.92 Å². The first-order valence-corrected chi connectivity index (χ1v) is 6.68. The molecule has 2 aliphatic heterocycles. The maximum absolute atomic E-state index is 10.8. The second-order valence-electron chi connectivity index (χ2n) is 5.37. The highest BCUT2D eigenvalue weighted by Gasteiger charge is 2.29. The lowest BCUT2D eigenvalue weighted by Crippen LogP contribution is -2.35. The van der Waals surface area contributed by atoms with Crippen LogP contribution in [0.2, 0.25) is 0 Å². The van der Waals surface area contributed by atoms with Gasteiger partial charge in [0.15, 0.2) is 0 Å². The van der Waals surface area contributed by atoms with Crippen molar-refractivity contribution in [3.8, 4) is 0 Å². The van der Waals surface area contributed by atoms with E-state index in [-0.39, 0.29) is 11.4 Å². The van der Waals surface area contributed by atoms with Gasteiger partial charge < -0.3 is 16.0 Å². The van der Waals surface area contributed by atoms with Crippen LogP contribution >= 0.6 is 0 Å². The molecule has 2 atom stereocenters. The number of nitrogens with two attached hydrogens (primary N) is 1. The van der Waals surface area contributed by atoms with Gasteiger partial charge in [0.2, 0.25) is 0 Å². The largest absolute Gasteiger partial charge is 0.393 e. The second-order valence-corrected chi connectivity index (χ2v) is 5.37. The lowest BCUT2D eigenvalue weighted by atomic mass is 10.1. The minimum absolute atomic E-state index is 0.0155. The van der Waals surface area contributed by atoms with Gasteiger partial charge in [-0.05, 0) is 31.4 Å². The summed E-state index contributed by atoms with van der Waals surface area (Å²) in [6.07, 6.45) is 3.60. The third-order valence-electron chi connectivity index (χ3n) is 4.10. The van der Waals surface area contributed by atoms with Gasteiger partial charge in [0, 0.05) is 36.9 Å². The Kier molecular flexibility index (Phi) is 3.02. The number of nitrogens with zero attached hydrogens (tertiary/aromatic N) is 2. The first kappa shape index (κ1) is 12.2. The van der Waals surface area contributed by atoms with E-state index in [0.717, 1.165) is 25.2 Å². The van der Waals surface area contributed by atoms with E-state index in [2.05, 4.69) is 10.2 Å². The Morgan fingerprint density at radius 2 is 2.11 bits per heavy atom. The van der Waals surface area contributed by atoms with Crippen LogP contribution in [0, 0.1) is 10.1 Å². The van der Waals surface area contributed by atoms with Crippen LogP contribution in [-0.4, -0.2) is 30.1 Å². The molecule has 2 unspecified atom stereocenters. The quantitative estimate of drug-likeness (QED) is 0.479. The third-order valence-corrected chi connectivity index (χ3v) is 4.10. The Morgan fingerprint density at radius 3 is 2.84 bits per heavy atom. The van der Waals surface area contributed by atoms with Gasteiger partial charge in [0.1, 0.15) is 5.69 Å². The fraction of sp³-hybridized carbons (Fsp3) is 0.538. The van der Waals surface area contributed by atoms with Crippen LogP contribution < -0.4 is 16.0 Å². The van der Waals surface area contributed by atoms with Crippen molar-refractivity contribution in [2.75, 3.05) is 23.7 Å². The predicted octanol–water partition coefficient (Wildman–Crippen LogP) is 1.51. The summed E-state index contributed by atoms with van der Waals surface area (Å²) >= 11 is 0. The first-order chi connectivity index (χ1) is 9.13. The summed E-state index contributed by atoms with van der Waals surface area (Å²) < 4.78 is 0. The second kappa shape index (κ2) is 4.70. The maximum Gasteiger partial charge on any atom is 0.292 e. The monoisotopic (exact) mass is 262 g/mol. The molecule has 0 saturated carbocycles. The fourth-order valence-electron chi connectivity index (χ4n) is 3.08. The number of rotatable bonds is 2. The van der Waals surface area contributed by atoms with Crippen molar-refractivity contribution in [2.45, 2.75) is 31.3 Å². The van der Waals surface area contributed by atoms with E-state index in [9.17, 15) is 10.1 Å². The van der Waals surface area contributed by atoms with Gasteiger partial charge >= 0.3 is 0 Å². The van der Waals surface area contributed by atoms with Gasteiger partial charge in [-0.25, -0.2) is 0 Å². The molecule has 1 aromatic carbocycles. The number of nitrogens with one attached hydrogen (secondary N) is 1.